The molecule has 5 N–H and O–H groups in total. The maximum atomic E-state index is 9.75. The number of aliphatic hydroxyl groups excluding tert-OH is 1. The molecular weight excluding hydrogens is 516 g/mol. The van der Waals surface area contributed by atoms with E-state index in [1.165, 1.54) is 11.1 Å². The van der Waals surface area contributed by atoms with Crippen molar-refractivity contribution < 1.29 is 41.8 Å². The molecule has 0 atom stereocenters. The molecule has 0 saturated heterocycles. The molecule has 0 aliphatic carbocycles. The normalized spacial score (nSPS) is 9.69. The molecule has 177 valence electrons. The van der Waals surface area contributed by atoms with Crippen molar-refractivity contribution in [2.75, 3.05) is 18.6 Å². The van der Waals surface area contributed by atoms with E-state index in [4.69, 9.17) is 16.6 Å². The van der Waals surface area contributed by atoms with Gasteiger partial charge >= 0.3 is 26.7 Å². The number of aliphatic hydroxyl groups is 1. The van der Waals surface area contributed by atoms with Gasteiger partial charge in [-0.3, -0.25) is 4.98 Å². The molecule has 0 bridgehead atoms. The van der Waals surface area contributed by atoms with Crippen molar-refractivity contribution in [3.8, 4) is 11.5 Å². The molecule has 2 heterocycles. The van der Waals surface area contributed by atoms with Gasteiger partial charge in [0.2, 0.25) is 11.9 Å². The Labute approximate surface area is 197 Å². The second-order valence-electron chi connectivity index (χ2n) is 6.15. The Kier molecular flexibility index (Phi) is 15.8. The predicted molar refractivity (Wildman–Crippen MR) is 115 cm³/mol. The van der Waals surface area contributed by atoms with Crippen LogP contribution in [0.25, 0.3) is 11.5 Å². The predicted octanol–water partition coefficient (Wildman–Crippen LogP) is 4.12. The smallest absolute Gasteiger partial charge is 0.418 e. The van der Waals surface area contributed by atoms with Crippen LogP contribution in [0.15, 0.2) is 48.7 Å². The Morgan fingerprint density at radius 1 is 0.844 bits per heavy atom. The number of halogens is 4. The van der Waals surface area contributed by atoms with Crippen LogP contribution in [0.3, 0.4) is 0 Å². The third-order valence-corrected chi connectivity index (χ3v) is 3.31. The molecule has 2 aromatic heterocycles. The number of rotatable bonds is 2. The van der Waals surface area contributed by atoms with Crippen molar-refractivity contribution in [1.82, 2.24) is 19.9 Å². The second-order valence-corrected chi connectivity index (χ2v) is 6.15. The standard InChI is InChI=1S/C10H14.C8H8N6.CH4O.BF4.Ru/c1-8(2)10-6-4-9(3)5-7-10;9-7-12-6(13-8(10)14-7)5-3-1-2-4-11-5;1-2;2-1(3,4)5;/h4-8H,1-3H3;1-4H,(H4,9,10,12,13,14);2H,1H3;;/q;;;-1;+1. The largest absolute Gasteiger partial charge is 1.00 e. The van der Waals surface area contributed by atoms with Crippen molar-refractivity contribution in [3.63, 3.8) is 0 Å². The van der Waals surface area contributed by atoms with Gasteiger partial charge in [-0.25, -0.2) is 0 Å². The molecule has 13 heteroatoms. The molecule has 1 aromatic carbocycles. The first-order valence-corrected chi connectivity index (χ1v) is 9.02. The van der Waals surface area contributed by atoms with Crippen LogP contribution in [0.1, 0.15) is 30.9 Å². The molecular formula is C19H26BF4N6ORu. The first-order valence-electron chi connectivity index (χ1n) is 9.02. The van der Waals surface area contributed by atoms with Gasteiger partial charge in [0.05, 0.1) is 0 Å². The summed E-state index contributed by atoms with van der Waals surface area (Å²) in [6.45, 7) is 6.54. The number of nitrogen functional groups attached to an aromatic ring is 2. The van der Waals surface area contributed by atoms with Gasteiger partial charge in [0, 0.05) is 13.3 Å². The molecule has 32 heavy (non-hydrogen) atoms. The van der Waals surface area contributed by atoms with Gasteiger partial charge in [-0.05, 0) is 30.5 Å². The van der Waals surface area contributed by atoms with E-state index >= 15 is 0 Å². The van der Waals surface area contributed by atoms with E-state index in [1.807, 2.05) is 6.07 Å². The van der Waals surface area contributed by atoms with E-state index in [9.17, 15) is 17.3 Å². The van der Waals surface area contributed by atoms with Crippen LogP contribution in [-0.4, -0.2) is 39.4 Å². The fourth-order valence-electron chi connectivity index (χ4n) is 1.97. The van der Waals surface area contributed by atoms with E-state index in [-0.39, 0.29) is 31.4 Å². The monoisotopic (exact) mass is 543 g/mol. The van der Waals surface area contributed by atoms with E-state index in [0.29, 0.717) is 17.4 Å². The number of aromatic nitrogens is 4. The van der Waals surface area contributed by atoms with Crippen molar-refractivity contribution in [2.24, 2.45) is 0 Å². The Hall–Kier alpha value is -2.65. The van der Waals surface area contributed by atoms with Crippen LogP contribution in [0.2, 0.25) is 0 Å². The van der Waals surface area contributed by atoms with E-state index in [1.54, 1.807) is 18.3 Å². The van der Waals surface area contributed by atoms with E-state index in [0.717, 1.165) is 7.11 Å². The zero-order chi connectivity index (χ0) is 24.0. The SMILES string of the molecule is CO.Cc1ccc(C(C)C)cc1.F[B-](F)(F)F.Nc1nc(N)nc(-c2ccccn2)n1.[Ru+]. The molecule has 3 rings (SSSR count). The zero-order valence-corrected chi connectivity index (χ0v) is 19.8. The first-order chi connectivity index (χ1) is 14.5. The number of hydrogen-bond donors (Lipinski definition) is 3. The van der Waals surface area contributed by atoms with Gasteiger partial charge in [0.1, 0.15) is 5.69 Å². The number of nitrogens with two attached hydrogens (primary N) is 2. The summed E-state index contributed by atoms with van der Waals surface area (Å²) in [7, 11) is -5.00. The third-order valence-electron chi connectivity index (χ3n) is 3.31. The molecule has 3 aromatic rings. The van der Waals surface area contributed by atoms with Gasteiger partial charge in [-0.15, -0.1) is 0 Å². The third kappa shape index (κ3) is 15.2. The van der Waals surface area contributed by atoms with Crippen molar-refractivity contribution >= 4 is 19.2 Å². The van der Waals surface area contributed by atoms with E-state index < -0.39 is 7.25 Å². The summed E-state index contributed by atoms with van der Waals surface area (Å²) in [4.78, 5) is 15.6. The van der Waals surface area contributed by atoms with Crippen LogP contribution in [0, 0.1) is 6.92 Å². The van der Waals surface area contributed by atoms with Crippen molar-refractivity contribution in [3.05, 3.63) is 59.8 Å². The summed E-state index contributed by atoms with van der Waals surface area (Å²) < 4.78 is 39.0. The number of hydrogen-bond acceptors (Lipinski definition) is 7. The Bertz CT molecular complexity index is 861. The van der Waals surface area contributed by atoms with Gasteiger partial charge < -0.3 is 33.8 Å². The van der Waals surface area contributed by atoms with Gasteiger partial charge in [0.15, 0.2) is 5.82 Å². The number of anilines is 2. The summed E-state index contributed by atoms with van der Waals surface area (Å²) in [6.07, 6.45) is 1.64. The fraction of sp³-hybridized carbons (Fsp3) is 0.263. The maximum absolute atomic E-state index is 9.75. The van der Waals surface area contributed by atoms with Crippen LogP contribution in [0.4, 0.5) is 29.2 Å². The average Bonchev–Trinajstić information content (AvgIpc) is 2.69. The second kappa shape index (κ2) is 16.0. The molecule has 0 amide bonds. The Morgan fingerprint density at radius 2 is 1.31 bits per heavy atom. The molecule has 0 aliphatic rings. The quantitative estimate of drug-likeness (QED) is 0.329. The first kappa shape index (κ1) is 31.5. The average molecular weight is 542 g/mol. The van der Waals surface area contributed by atoms with Crippen LogP contribution in [-0.2, 0) is 19.5 Å². The molecule has 0 fully saturated rings. The molecule has 7 nitrogen and oxygen atoms in total. The minimum atomic E-state index is -6.00. The molecule has 0 saturated carbocycles. The topological polar surface area (TPSA) is 124 Å². The number of aryl methyl sites for hydroxylation is 1. The molecule has 0 aliphatic heterocycles. The number of pyridine rings is 1. The summed E-state index contributed by atoms with van der Waals surface area (Å²) in [5.41, 5.74) is 14.2. The molecule has 0 spiro atoms. The maximum Gasteiger partial charge on any atom is 1.00 e. The zero-order valence-electron chi connectivity index (χ0n) is 18.0. The van der Waals surface area contributed by atoms with Gasteiger partial charge in [0.25, 0.3) is 0 Å². The Morgan fingerprint density at radius 3 is 1.69 bits per heavy atom. The number of benzene rings is 1. The van der Waals surface area contributed by atoms with Crippen LogP contribution < -0.4 is 11.5 Å². The van der Waals surface area contributed by atoms with Crippen molar-refractivity contribution in [2.45, 2.75) is 26.7 Å². The summed E-state index contributed by atoms with van der Waals surface area (Å²) in [6, 6.07) is 14.1. The fourth-order valence-corrected chi connectivity index (χ4v) is 1.97. The Balaban J connectivity index is 0. The van der Waals surface area contributed by atoms with Gasteiger partial charge in [-0.1, -0.05) is 49.7 Å². The number of nitrogens with zero attached hydrogens (tertiary/aromatic N) is 4. The summed E-state index contributed by atoms with van der Waals surface area (Å²) in [5, 5.41) is 7.00. The van der Waals surface area contributed by atoms with Crippen LogP contribution in [0.5, 0.6) is 0 Å². The summed E-state index contributed by atoms with van der Waals surface area (Å²) >= 11 is 0. The summed E-state index contributed by atoms with van der Waals surface area (Å²) in [5.74, 6) is 1.23. The minimum Gasteiger partial charge on any atom is -0.418 e. The molecule has 1 radical (unpaired) electrons. The van der Waals surface area contributed by atoms with Crippen LogP contribution >= 0.6 is 0 Å². The van der Waals surface area contributed by atoms with Gasteiger partial charge in [-0.2, -0.15) is 15.0 Å². The minimum absolute atomic E-state index is 0. The molecule has 0 unspecified atom stereocenters. The van der Waals surface area contributed by atoms with Crippen molar-refractivity contribution in [1.29, 1.82) is 0 Å². The van der Waals surface area contributed by atoms with E-state index in [2.05, 4.69) is 65.0 Å².